The minimum atomic E-state index is -0.836. The van der Waals surface area contributed by atoms with Crippen LogP contribution in [0, 0.1) is 17.3 Å². The molecule has 2 N–H and O–H groups in total. The molecule has 2 atom stereocenters. The standard InChI is InChI=1S/C13H21NO3/c1-2-4-13(5-3-6-13)8-14-11(15)9-7-10(9)12(16)17/h9-10H,2-8H2,1H3,(H,14,15)(H,16,17). The molecule has 1 amide bonds. The average Bonchev–Trinajstić information content (AvgIpc) is 3.01. The van der Waals surface area contributed by atoms with Crippen LogP contribution in [0.1, 0.15) is 45.4 Å². The van der Waals surface area contributed by atoms with Gasteiger partial charge in [-0.25, -0.2) is 0 Å². The van der Waals surface area contributed by atoms with Gasteiger partial charge < -0.3 is 10.4 Å². The number of aliphatic carboxylic acids is 1. The fraction of sp³-hybridized carbons (Fsp3) is 0.846. The van der Waals surface area contributed by atoms with E-state index in [-0.39, 0.29) is 11.8 Å². The molecule has 2 aliphatic rings. The van der Waals surface area contributed by atoms with Crippen molar-refractivity contribution in [3.63, 3.8) is 0 Å². The summed E-state index contributed by atoms with van der Waals surface area (Å²) in [6.07, 6.45) is 6.50. The molecule has 2 aliphatic carbocycles. The Balaban J connectivity index is 1.75. The molecule has 0 bridgehead atoms. The van der Waals surface area contributed by atoms with E-state index in [1.807, 2.05) is 0 Å². The van der Waals surface area contributed by atoms with Crippen molar-refractivity contribution in [1.29, 1.82) is 0 Å². The molecule has 2 fully saturated rings. The van der Waals surface area contributed by atoms with Gasteiger partial charge in [0.25, 0.3) is 0 Å². The topological polar surface area (TPSA) is 66.4 Å². The second-order valence-corrected chi connectivity index (χ2v) is 5.61. The van der Waals surface area contributed by atoms with Crippen LogP contribution in [0.4, 0.5) is 0 Å². The summed E-state index contributed by atoms with van der Waals surface area (Å²) in [7, 11) is 0. The predicted octanol–water partition coefficient (Wildman–Crippen LogP) is 1.79. The lowest BCUT2D eigenvalue weighted by Crippen LogP contribution is -2.42. The molecule has 0 saturated heterocycles. The van der Waals surface area contributed by atoms with E-state index in [4.69, 9.17) is 5.11 Å². The molecule has 2 saturated carbocycles. The van der Waals surface area contributed by atoms with Crippen LogP contribution in [0.15, 0.2) is 0 Å². The van der Waals surface area contributed by atoms with Crippen LogP contribution >= 0.6 is 0 Å². The van der Waals surface area contributed by atoms with Gasteiger partial charge in [-0.1, -0.05) is 19.8 Å². The van der Waals surface area contributed by atoms with Gasteiger partial charge in [-0.3, -0.25) is 9.59 Å². The molecule has 4 nitrogen and oxygen atoms in total. The van der Waals surface area contributed by atoms with Crippen molar-refractivity contribution in [2.75, 3.05) is 6.54 Å². The zero-order valence-electron chi connectivity index (χ0n) is 10.4. The first kappa shape index (κ1) is 12.4. The molecule has 0 heterocycles. The smallest absolute Gasteiger partial charge is 0.307 e. The van der Waals surface area contributed by atoms with Crippen LogP contribution in [0.25, 0.3) is 0 Å². The Morgan fingerprint density at radius 2 is 2.06 bits per heavy atom. The first-order chi connectivity index (χ1) is 8.08. The summed E-state index contributed by atoms with van der Waals surface area (Å²) >= 11 is 0. The van der Waals surface area contributed by atoms with Crippen molar-refractivity contribution in [2.45, 2.75) is 45.4 Å². The number of nitrogens with one attached hydrogen (secondary N) is 1. The lowest BCUT2D eigenvalue weighted by Gasteiger charge is -2.42. The van der Waals surface area contributed by atoms with Crippen molar-refractivity contribution in [2.24, 2.45) is 17.3 Å². The van der Waals surface area contributed by atoms with Crippen LogP contribution in [0.3, 0.4) is 0 Å². The monoisotopic (exact) mass is 239 g/mol. The fourth-order valence-electron chi connectivity index (χ4n) is 2.89. The largest absolute Gasteiger partial charge is 0.481 e. The zero-order chi connectivity index (χ0) is 12.5. The van der Waals surface area contributed by atoms with Crippen LogP contribution < -0.4 is 5.32 Å². The van der Waals surface area contributed by atoms with E-state index >= 15 is 0 Å². The molecular formula is C13H21NO3. The number of rotatable bonds is 6. The molecule has 2 unspecified atom stereocenters. The Kier molecular flexibility index (Phi) is 3.40. The van der Waals surface area contributed by atoms with E-state index in [0.29, 0.717) is 11.8 Å². The Bertz CT molecular complexity index is 323. The van der Waals surface area contributed by atoms with Gasteiger partial charge in [0.1, 0.15) is 0 Å². The Morgan fingerprint density at radius 3 is 2.47 bits per heavy atom. The molecule has 17 heavy (non-hydrogen) atoms. The number of hydrogen-bond donors (Lipinski definition) is 2. The second kappa shape index (κ2) is 4.67. The van der Waals surface area contributed by atoms with Gasteiger partial charge in [0, 0.05) is 6.54 Å². The molecule has 0 aromatic carbocycles. The van der Waals surface area contributed by atoms with Crippen LogP contribution in [-0.2, 0) is 9.59 Å². The normalized spacial score (nSPS) is 29.2. The molecule has 0 aromatic heterocycles. The number of carbonyl (C=O) groups excluding carboxylic acids is 1. The summed E-state index contributed by atoms with van der Waals surface area (Å²) in [4.78, 5) is 22.4. The van der Waals surface area contributed by atoms with E-state index in [0.717, 1.165) is 13.0 Å². The average molecular weight is 239 g/mol. The van der Waals surface area contributed by atoms with Crippen molar-refractivity contribution in [1.82, 2.24) is 5.32 Å². The molecular weight excluding hydrogens is 218 g/mol. The SMILES string of the molecule is CCCC1(CNC(=O)C2CC2C(=O)O)CCC1. The third-order valence-corrected chi connectivity index (χ3v) is 4.28. The van der Waals surface area contributed by atoms with Crippen molar-refractivity contribution < 1.29 is 14.7 Å². The molecule has 0 aromatic rings. The van der Waals surface area contributed by atoms with Crippen molar-refractivity contribution >= 4 is 11.9 Å². The highest BCUT2D eigenvalue weighted by molar-refractivity contribution is 5.89. The van der Waals surface area contributed by atoms with Gasteiger partial charge in [-0.2, -0.15) is 0 Å². The Hall–Kier alpha value is -1.06. The van der Waals surface area contributed by atoms with E-state index in [1.165, 1.54) is 25.7 Å². The minimum Gasteiger partial charge on any atom is -0.481 e. The molecule has 0 radical (unpaired) electrons. The third-order valence-electron chi connectivity index (χ3n) is 4.28. The van der Waals surface area contributed by atoms with Crippen molar-refractivity contribution in [3.8, 4) is 0 Å². The Labute approximate surface area is 102 Å². The summed E-state index contributed by atoms with van der Waals surface area (Å²) < 4.78 is 0. The number of carboxylic acid groups (broad SMARTS) is 1. The highest BCUT2D eigenvalue weighted by Crippen LogP contribution is 2.45. The molecule has 96 valence electrons. The van der Waals surface area contributed by atoms with E-state index in [9.17, 15) is 9.59 Å². The van der Waals surface area contributed by atoms with Gasteiger partial charge in [0.15, 0.2) is 0 Å². The number of carbonyl (C=O) groups is 2. The number of amides is 1. The highest BCUT2D eigenvalue weighted by atomic mass is 16.4. The maximum absolute atomic E-state index is 11.7. The summed E-state index contributed by atoms with van der Waals surface area (Å²) in [5.74, 6) is -1.60. The predicted molar refractivity (Wildman–Crippen MR) is 63.4 cm³/mol. The van der Waals surface area contributed by atoms with E-state index in [2.05, 4.69) is 12.2 Å². The fourth-order valence-corrected chi connectivity index (χ4v) is 2.89. The first-order valence-corrected chi connectivity index (χ1v) is 6.58. The van der Waals surface area contributed by atoms with Gasteiger partial charge in [0.05, 0.1) is 11.8 Å². The van der Waals surface area contributed by atoms with Crippen LogP contribution in [-0.4, -0.2) is 23.5 Å². The quantitative estimate of drug-likeness (QED) is 0.742. The minimum absolute atomic E-state index is 0.0558. The second-order valence-electron chi connectivity index (χ2n) is 5.61. The Morgan fingerprint density at radius 1 is 1.35 bits per heavy atom. The summed E-state index contributed by atoms with van der Waals surface area (Å²) in [6, 6.07) is 0. The number of hydrogen-bond acceptors (Lipinski definition) is 2. The van der Waals surface area contributed by atoms with Gasteiger partial charge in [0.2, 0.25) is 5.91 Å². The van der Waals surface area contributed by atoms with Gasteiger partial charge >= 0.3 is 5.97 Å². The first-order valence-electron chi connectivity index (χ1n) is 6.58. The lowest BCUT2D eigenvalue weighted by atomic mass is 9.66. The molecule has 0 spiro atoms. The maximum Gasteiger partial charge on any atom is 0.307 e. The van der Waals surface area contributed by atoms with Crippen molar-refractivity contribution in [3.05, 3.63) is 0 Å². The zero-order valence-corrected chi connectivity index (χ0v) is 10.4. The highest BCUT2D eigenvalue weighted by Gasteiger charge is 2.48. The summed E-state index contributed by atoms with van der Waals surface area (Å²) in [5.41, 5.74) is 0.317. The maximum atomic E-state index is 11.7. The van der Waals surface area contributed by atoms with E-state index < -0.39 is 11.9 Å². The van der Waals surface area contributed by atoms with Gasteiger partial charge in [-0.15, -0.1) is 0 Å². The van der Waals surface area contributed by atoms with Crippen LogP contribution in [0.2, 0.25) is 0 Å². The van der Waals surface area contributed by atoms with Crippen LogP contribution in [0.5, 0.6) is 0 Å². The molecule has 2 rings (SSSR count). The van der Waals surface area contributed by atoms with Gasteiger partial charge in [-0.05, 0) is 31.1 Å². The van der Waals surface area contributed by atoms with E-state index in [1.54, 1.807) is 0 Å². The molecule has 4 heteroatoms. The summed E-state index contributed by atoms with van der Waals surface area (Å²) in [6.45, 7) is 2.91. The summed E-state index contributed by atoms with van der Waals surface area (Å²) in [5, 5.41) is 11.7. The lowest BCUT2D eigenvalue weighted by molar-refractivity contribution is -0.140. The molecule has 0 aliphatic heterocycles. The third kappa shape index (κ3) is 2.61. The number of carboxylic acids is 1.